The van der Waals surface area contributed by atoms with E-state index in [1.54, 1.807) is 0 Å². The van der Waals surface area contributed by atoms with E-state index in [9.17, 15) is 0 Å². The van der Waals surface area contributed by atoms with Gasteiger partial charge < -0.3 is 10.6 Å². The molecule has 1 aliphatic heterocycles. The molecular weight excluding hydrogens is 232 g/mol. The van der Waals surface area contributed by atoms with Crippen LogP contribution in [0.15, 0.2) is 30.3 Å². The lowest BCUT2D eigenvalue weighted by Crippen LogP contribution is -2.41. The fourth-order valence-corrected chi connectivity index (χ4v) is 2.74. The van der Waals surface area contributed by atoms with Crippen LogP contribution in [0.5, 0.6) is 0 Å². The van der Waals surface area contributed by atoms with Crippen LogP contribution in [0.1, 0.15) is 30.7 Å². The third kappa shape index (κ3) is 3.21. The first-order valence-electron chi connectivity index (χ1n) is 6.45. The highest BCUT2D eigenvalue weighted by atomic mass is 35.5. The Morgan fingerprint density at radius 3 is 2.47 bits per heavy atom. The maximum Gasteiger partial charge on any atom is 0.0145 e. The molecule has 1 heterocycles. The minimum absolute atomic E-state index is 0. The molecule has 0 aromatic heterocycles. The molecule has 3 heteroatoms. The molecule has 0 bridgehead atoms. The number of halogens is 1. The third-order valence-corrected chi connectivity index (χ3v) is 3.81. The lowest BCUT2D eigenvalue weighted by Gasteiger charge is -2.24. The lowest BCUT2D eigenvalue weighted by atomic mass is 10.1. The molecule has 2 nitrogen and oxygen atoms in total. The highest BCUT2D eigenvalue weighted by Gasteiger charge is 2.39. The summed E-state index contributed by atoms with van der Waals surface area (Å²) in [5, 5.41) is 7.21. The molecule has 3 rings (SSSR count). The molecule has 1 aromatic rings. The lowest BCUT2D eigenvalue weighted by molar-refractivity contribution is 0.383. The Labute approximate surface area is 110 Å². The van der Waals surface area contributed by atoms with E-state index in [-0.39, 0.29) is 12.4 Å². The van der Waals surface area contributed by atoms with Crippen LogP contribution in [0.2, 0.25) is 0 Å². The zero-order valence-electron chi connectivity index (χ0n) is 10.1. The summed E-state index contributed by atoms with van der Waals surface area (Å²) in [6.07, 6.45) is 3.91. The molecule has 94 valence electrons. The predicted octanol–water partition coefficient (Wildman–Crippen LogP) is 2.31. The summed E-state index contributed by atoms with van der Waals surface area (Å²) in [6, 6.07) is 12.4. The summed E-state index contributed by atoms with van der Waals surface area (Å²) < 4.78 is 0. The Morgan fingerprint density at radius 1 is 1.06 bits per heavy atom. The van der Waals surface area contributed by atoms with Crippen molar-refractivity contribution in [1.29, 1.82) is 0 Å². The van der Waals surface area contributed by atoms with Crippen LogP contribution in [0.4, 0.5) is 0 Å². The van der Waals surface area contributed by atoms with Crippen molar-refractivity contribution in [3.63, 3.8) is 0 Å². The second kappa shape index (κ2) is 5.85. The van der Waals surface area contributed by atoms with Gasteiger partial charge in [-0.05, 0) is 37.9 Å². The van der Waals surface area contributed by atoms with Gasteiger partial charge in [-0.3, -0.25) is 0 Å². The Bertz CT molecular complexity index is 335. The summed E-state index contributed by atoms with van der Waals surface area (Å²) in [5.41, 5.74) is 1.51. The Morgan fingerprint density at radius 2 is 1.76 bits per heavy atom. The van der Waals surface area contributed by atoms with Crippen molar-refractivity contribution in [3.05, 3.63) is 35.9 Å². The smallest absolute Gasteiger partial charge is 0.0145 e. The number of hydrogen-bond acceptors (Lipinski definition) is 2. The monoisotopic (exact) mass is 252 g/mol. The first-order chi connectivity index (χ1) is 7.93. The van der Waals surface area contributed by atoms with Crippen LogP contribution in [0, 0.1) is 0 Å². The van der Waals surface area contributed by atoms with Crippen molar-refractivity contribution in [2.75, 3.05) is 13.1 Å². The molecule has 1 aliphatic carbocycles. The minimum atomic E-state index is 0. The predicted molar refractivity (Wildman–Crippen MR) is 73.9 cm³/mol. The van der Waals surface area contributed by atoms with Gasteiger partial charge in [-0.25, -0.2) is 0 Å². The van der Waals surface area contributed by atoms with Gasteiger partial charge >= 0.3 is 0 Å². The molecule has 0 amide bonds. The molecular formula is C14H21ClN2. The second-order valence-electron chi connectivity index (χ2n) is 5.05. The van der Waals surface area contributed by atoms with E-state index in [1.807, 2.05) is 0 Å². The molecule has 2 atom stereocenters. The van der Waals surface area contributed by atoms with Crippen LogP contribution in [-0.2, 0) is 0 Å². The summed E-state index contributed by atoms with van der Waals surface area (Å²) in [5.74, 6) is 0.774. The first-order valence-corrected chi connectivity index (χ1v) is 6.45. The Kier molecular flexibility index (Phi) is 4.43. The van der Waals surface area contributed by atoms with Crippen LogP contribution in [-0.4, -0.2) is 25.2 Å². The highest BCUT2D eigenvalue weighted by Crippen LogP contribution is 2.41. The van der Waals surface area contributed by atoms with Crippen LogP contribution in [0.25, 0.3) is 0 Å². The average Bonchev–Trinajstić information content (AvgIpc) is 3.11. The van der Waals surface area contributed by atoms with Gasteiger partial charge in [0.25, 0.3) is 0 Å². The van der Waals surface area contributed by atoms with Gasteiger partial charge in [0.2, 0.25) is 0 Å². The van der Waals surface area contributed by atoms with Gasteiger partial charge in [-0.2, -0.15) is 0 Å². The van der Waals surface area contributed by atoms with Gasteiger partial charge in [-0.15, -0.1) is 12.4 Å². The quantitative estimate of drug-likeness (QED) is 0.863. The fraction of sp³-hybridized carbons (Fsp3) is 0.571. The SMILES string of the molecule is Cl.c1ccc([C@H]2C[C@@H]2NC2CCNCC2)cc1. The van der Waals surface area contributed by atoms with E-state index in [1.165, 1.54) is 37.9 Å². The minimum Gasteiger partial charge on any atom is -0.317 e. The summed E-state index contributed by atoms with van der Waals surface area (Å²) in [6.45, 7) is 2.36. The van der Waals surface area contributed by atoms with Gasteiger partial charge in [0.05, 0.1) is 0 Å². The molecule has 2 aliphatic rings. The zero-order chi connectivity index (χ0) is 10.8. The van der Waals surface area contributed by atoms with E-state index in [4.69, 9.17) is 0 Å². The topological polar surface area (TPSA) is 24.1 Å². The zero-order valence-corrected chi connectivity index (χ0v) is 10.9. The largest absolute Gasteiger partial charge is 0.317 e. The van der Waals surface area contributed by atoms with E-state index >= 15 is 0 Å². The van der Waals surface area contributed by atoms with Crippen LogP contribution < -0.4 is 10.6 Å². The molecule has 1 saturated heterocycles. The van der Waals surface area contributed by atoms with Gasteiger partial charge in [0, 0.05) is 18.0 Å². The van der Waals surface area contributed by atoms with Crippen molar-refractivity contribution in [3.8, 4) is 0 Å². The van der Waals surface area contributed by atoms with Crippen molar-refractivity contribution in [2.24, 2.45) is 0 Å². The molecule has 1 saturated carbocycles. The maximum absolute atomic E-state index is 3.80. The van der Waals surface area contributed by atoms with Crippen LogP contribution >= 0.6 is 12.4 Å². The fourth-order valence-electron chi connectivity index (χ4n) is 2.74. The molecule has 1 aromatic carbocycles. The van der Waals surface area contributed by atoms with Gasteiger partial charge in [-0.1, -0.05) is 30.3 Å². The molecule has 2 N–H and O–H groups in total. The van der Waals surface area contributed by atoms with Gasteiger partial charge in [0.1, 0.15) is 0 Å². The molecule has 0 radical (unpaired) electrons. The van der Waals surface area contributed by atoms with E-state index in [0.29, 0.717) is 0 Å². The van der Waals surface area contributed by atoms with E-state index in [0.717, 1.165) is 18.0 Å². The normalized spacial score (nSPS) is 28.5. The summed E-state index contributed by atoms with van der Waals surface area (Å²) in [4.78, 5) is 0. The van der Waals surface area contributed by atoms with Crippen molar-refractivity contribution in [2.45, 2.75) is 37.3 Å². The van der Waals surface area contributed by atoms with Gasteiger partial charge in [0.15, 0.2) is 0 Å². The van der Waals surface area contributed by atoms with E-state index < -0.39 is 0 Å². The van der Waals surface area contributed by atoms with E-state index in [2.05, 4.69) is 41.0 Å². The first kappa shape index (κ1) is 12.9. The molecule has 0 unspecified atom stereocenters. The Balaban J connectivity index is 0.00000108. The summed E-state index contributed by atoms with van der Waals surface area (Å²) >= 11 is 0. The number of rotatable bonds is 3. The average molecular weight is 253 g/mol. The number of piperidine rings is 1. The third-order valence-electron chi connectivity index (χ3n) is 3.81. The van der Waals surface area contributed by atoms with Crippen molar-refractivity contribution < 1.29 is 0 Å². The second-order valence-corrected chi connectivity index (χ2v) is 5.05. The van der Waals surface area contributed by atoms with Crippen molar-refractivity contribution >= 4 is 12.4 Å². The summed E-state index contributed by atoms with van der Waals surface area (Å²) in [7, 11) is 0. The number of nitrogens with one attached hydrogen (secondary N) is 2. The maximum atomic E-state index is 3.80. The standard InChI is InChI=1S/C14H20N2.ClH/c1-2-4-11(5-3-1)13-10-14(13)16-12-6-8-15-9-7-12;/h1-5,12-16H,6-10H2;1H/t13-,14+;/m1./s1. The molecule has 17 heavy (non-hydrogen) atoms. The Hall–Kier alpha value is -0.570. The molecule has 0 spiro atoms. The molecule has 2 fully saturated rings. The van der Waals surface area contributed by atoms with Crippen LogP contribution in [0.3, 0.4) is 0 Å². The van der Waals surface area contributed by atoms with Crippen molar-refractivity contribution in [1.82, 2.24) is 10.6 Å². The number of benzene rings is 1. The highest BCUT2D eigenvalue weighted by molar-refractivity contribution is 5.85. The number of hydrogen-bond donors (Lipinski definition) is 2.